The topological polar surface area (TPSA) is 105 Å². The molecule has 24 heavy (non-hydrogen) atoms. The van der Waals surface area contributed by atoms with Gasteiger partial charge in [0.25, 0.3) is 0 Å². The van der Waals surface area contributed by atoms with Gasteiger partial charge in [-0.15, -0.1) is 0 Å². The molecule has 0 radical (unpaired) electrons. The molecule has 2 aliphatic carbocycles. The molecule has 3 aliphatic rings. The van der Waals surface area contributed by atoms with Crippen LogP contribution in [0.25, 0.3) is 0 Å². The number of carbonyl (C=O) groups excluding carboxylic acids is 2. The van der Waals surface area contributed by atoms with Crippen LogP contribution in [-0.4, -0.2) is 53.0 Å². The van der Waals surface area contributed by atoms with Crippen molar-refractivity contribution in [3.63, 3.8) is 0 Å². The van der Waals surface area contributed by atoms with Gasteiger partial charge in [0.05, 0.1) is 0 Å². The van der Waals surface area contributed by atoms with E-state index in [9.17, 15) is 19.7 Å². The molecule has 0 spiro atoms. The van der Waals surface area contributed by atoms with Gasteiger partial charge in [0.1, 0.15) is 5.92 Å². The molecule has 2 atom stereocenters. The number of rotatable bonds is 4. The van der Waals surface area contributed by atoms with E-state index in [2.05, 4.69) is 10.6 Å². The van der Waals surface area contributed by atoms with Crippen LogP contribution >= 0.6 is 0 Å². The number of urea groups is 1. The molecular weight excluding hydrogens is 312 g/mol. The van der Waals surface area contributed by atoms with Crippen LogP contribution < -0.4 is 10.6 Å². The monoisotopic (exact) mass is 338 g/mol. The van der Waals surface area contributed by atoms with Gasteiger partial charge in [-0.25, -0.2) is 4.79 Å². The van der Waals surface area contributed by atoms with Gasteiger partial charge in [-0.3, -0.25) is 14.9 Å². The lowest BCUT2D eigenvalue weighted by Gasteiger charge is -2.33. The fraction of sp³-hybridized carbons (Fsp3) is 0.875. The van der Waals surface area contributed by atoms with Crippen molar-refractivity contribution in [1.82, 2.24) is 15.5 Å². The molecule has 3 amide bonds. The highest BCUT2D eigenvalue weighted by molar-refractivity contribution is 5.82. The third kappa shape index (κ3) is 4.15. The van der Waals surface area contributed by atoms with E-state index in [0.29, 0.717) is 32.4 Å². The summed E-state index contributed by atoms with van der Waals surface area (Å²) in [5.74, 6) is -0.527. The molecule has 0 bridgehead atoms. The first-order valence-electron chi connectivity index (χ1n) is 9.04. The second-order valence-electron chi connectivity index (χ2n) is 7.25. The number of nitro groups is 1. The Labute approximate surface area is 141 Å². The smallest absolute Gasteiger partial charge is 0.315 e. The summed E-state index contributed by atoms with van der Waals surface area (Å²) in [6, 6.07) is -0.436. The Morgan fingerprint density at radius 1 is 0.958 bits per heavy atom. The molecule has 0 unspecified atom stereocenters. The molecule has 0 aromatic rings. The standard InChI is InChI=1S/C16H26N4O4/c21-15(13-10-14(13)20(23)24)19-8-6-12(7-9-19)18-16(22)17-11-4-2-1-3-5-11/h11-14H,1-10H2,(H2,17,18,22)/t13-,14+/m0/s1. The number of likely N-dealkylation sites (tertiary alicyclic amines) is 1. The minimum absolute atomic E-state index is 0.0724. The number of piperidine rings is 1. The molecule has 0 aromatic carbocycles. The number of nitrogens with one attached hydrogen (secondary N) is 2. The third-order valence-electron chi connectivity index (χ3n) is 5.43. The number of hydrogen-bond acceptors (Lipinski definition) is 4. The molecule has 3 fully saturated rings. The highest BCUT2D eigenvalue weighted by atomic mass is 16.6. The average molecular weight is 338 g/mol. The fourth-order valence-electron chi connectivity index (χ4n) is 3.82. The van der Waals surface area contributed by atoms with E-state index in [0.717, 1.165) is 12.8 Å². The lowest BCUT2D eigenvalue weighted by Crippen LogP contribution is -2.51. The van der Waals surface area contributed by atoms with E-state index in [-0.39, 0.29) is 28.9 Å². The molecule has 3 rings (SSSR count). The molecule has 2 saturated carbocycles. The normalized spacial score (nSPS) is 28.2. The Balaban J connectivity index is 1.36. The van der Waals surface area contributed by atoms with Gasteiger partial charge >= 0.3 is 6.03 Å². The van der Waals surface area contributed by atoms with Gasteiger partial charge in [0.15, 0.2) is 0 Å². The molecule has 134 valence electrons. The van der Waals surface area contributed by atoms with Crippen molar-refractivity contribution in [3.05, 3.63) is 10.1 Å². The van der Waals surface area contributed by atoms with E-state index < -0.39 is 12.0 Å². The van der Waals surface area contributed by atoms with E-state index in [1.807, 2.05) is 0 Å². The van der Waals surface area contributed by atoms with Gasteiger partial charge in [0.2, 0.25) is 11.9 Å². The molecular formula is C16H26N4O4. The van der Waals surface area contributed by atoms with E-state index in [4.69, 9.17) is 0 Å². The van der Waals surface area contributed by atoms with Crippen molar-refractivity contribution >= 4 is 11.9 Å². The van der Waals surface area contributed by atoms with Crippen LogP contribution in [0.3, 0.4) is 0 Å². The zero-order valence-electron chi connectivity index (χ0n) is 13.9. The molecule has 1 aliphatic heterocycles. The van der Waals surface area contributed by atoms with Crippen molar-refractivity contribution in [3.8, 4) is 0 Å². The summed E-state index contributed by atoms with van der Waals surface area (Å²) in [4.78, 5) is 36.3. The van der Waals surface area contributed by atoms with Crippen molar-refractivity contribution in [2.75, 3.05) is 13.1 Å². The molecule has 8 nitrogen and oxygen atoms in total. The fourth-order valence-corrected chi connectivity index (χ4v) is 3.82. The van der Waals surface area contributed by atoms with Crippen molar-refractivity contribution in [1.29, 1.82) is 0 Å². The van der Waals surface area contributed by atoms with Crippen LogP contribution in [0, 0.1) is 16.0 Å². The quantitative estimate of drug-likeness (QED) is 0.595. The van der Waals surface area contributed by atoms with Crippen molar-refractivity contribution < 1.29 is 14.5 Å². The van der Waals surface area contributed by atoms with Crippen molar-refractivity contribution in [2.24, 2.45) is 5.92 Å². The zero-order valence-corrected chi connectivity index (χ0v) is 13.9. The van der Waals surface area contributed by atoms with E-state index in [1.165, 1.54) is 19.3 Å². The molecule has 1 saturated heterocycles. The highest BCUT2D eigenvalue weighted by Crippen LogP contribution is 2.35. The zero-order chi connectivity index (χ0) is 17.1. The number of nitrogens with zero attached hydrogens (tertiary/aromatic N) is 2. The number of amides is 3. The lowest BCUT2D eigenvalue weighted by atomic mass is 9.96. The van der Waals surface area contributed by atoms with Gasteiger partial charge in [-0.1, -0.05) is 19.3 Å². The summed E-state index contributed by atoms with van der Waals surface area (Å²) in [6.07, 6.45) is 7.51. The Hall–Kier alpha value is -1.86. The van der Waals surface area contributed by atoms with Gasteiger partial charge in [-0.05, 0) is 25.7 Å². The summed E-state index contributed by atoms with van der Waals surface area (Å²) in [5.41, 5.74) is 0. The Bertz CT molecular complexity index is 498. The minimum Gasteiger partial charge on any atom is -0.342 e. The van der Waals surface area contributed by atoms with E-state index >= 15 is 0 Å². The Kier molecular flexibility index (Phi) is 5.20. The van der Waals surface area contributed by atoms with Gasteiger partial charge < -0.3 is 15.5 Å². The second kappa shape index (κ2) is 7.36. The first kappa shape index (κ1) is 17.0. The Morgan fingerprint density at radius 3 is 2.08 bits per heavy atom. The molecule has 1 heterocycles. The first-order valence-corrected chi connectivity index (χ1v) is 9.04. The molecule has 0 aromatic heterocycles. The van der Waals surface area contributed by atoms with Gasteiger partial charge in [-0.2, -0.15) is 0 Å². The predicted molar refractivity (Wildman–Crippen MR) is 87.0 cm³/mol. The number of hydrogen-bond donors (Lipinski definition) is 2. The summed E-state index contributed by atoms with van der Waals surface area (Å²) in [7, 11) is 0. The predicted octanol–water partition coefficient (Wildman–Crippen LogP) is 1.27. The van der Waals surface area contributed by atoms with Crippen LogP contribution in [0.15, 0.2) is 0 Å². The maximum absolute atomic E-state index is 12.2. The number of carbonyl (C=O) groups is 2. The largest absolute Gasteiger partial charge is 0.342 e. The molecule has 2 N–H and O–H groups in total. The lowest BCUT2D eigenvalue weighted by molar-refractivity contribution is -0.497. The minimum atomic E-state index is -0.686. The maximum Gasteiger partial charge on any atom is 0.315 e. The van der Waals surface area contributed by atoms with Crippen LogP contribution in [0.2, 0.25) is 0 Å². The Morgan fingerprint density at radius 2 is 1.54 bits per heavy atom. The average Bonchev–Trinajstić information content (AvgIpc) is 3.36. The van der Waals surface area contributed by atoms with Crippen LogP contribution in [0.5, 0.6) is 0 Å². The summed E-state index contributed by atoms with van der Waals surface area (Å²) in [5, 5.41) is 16.7. The third-order valence-corrected chi connectivity index (χ3v) is 5.43. The molecule has 8 heteroatoms. The van der Waals surface area contributed by atoms with Crippen LogP contribution in [0.4, 0.5) is 4.79 Å². The maximum atomic E-state index is 12.2. The highest BCUT2D eigenvalue weighted by Gasteiger charge is 2.54. The van der Waals surface area contributed by atoms with Crippen LogP contribution in [-0.2, 0) is 4.79 Å². The SMILES string of the molecule is O=C(NC1CCCCC1)NC1CCN(C(=O)[C@H]2C[C@H]2[N+](=O)[O-])CC1. The van der Waals surface area contributed by atoms with Crippen molar-refractivity contribution in [2.45, 2.75) is 69.5 Å². The van der Waals surface area contributed by atoms with E-state index in [1.54, 1.807) is 4.90 Å². The summed E-state index contributed by atoms with van der Waals surface area (Å²) >= 11 is 0. The first-order chi connectivity index (χ1) is 11.5. The van der Waals surface area contributed by atoms with Gasteiger partial charge in [0, 0.05) is 36.5 Å². The summed E-state index contributed by atoms with van der Waals surface area (Å²) < 4.78 is 0. The second-order valence-corrected chi connectivity index (χ2v) is 7.25. The summed E-state index contributed by atoms with van der Waals surface area (Å²) in [6.45, 7) is 1.13. The van der Waals surface area contributed by atoms with Crippen LogP contribution in [0.1, 0.15) is 51.4 Å².